The molecule has 26 heavy (non-hydrogen) atoms. The smallest absolute Gasteiger partial charge is 0.316 e. The summed E-state index contributed by atoms with van der Waals surface area (Å²) in [6.07, 6.45) is 6.04. The van der Waals surface area contributed by atoms with Gasteiger partial charge in [-0.2, -0.15) is 0 Å². The summed E-state index contributed by atoms with van der Waals surface area (Å²) in [5.74, 6) is -0.0354. The molecule has 0 spiro atoms. The number of carbonyl (C=O) groups is 1. The Morgan fingerprint density at radius 1 is 1.15 bits per heavy atom. The van der Waals surface area contributed by atoms with E-state index in [2.05, 4.69) is 34.5 Å². The van der Waals surface area contributed by atoms with Gasteiger partial charge in [0, 0.05) is 13.6 Å². The molecule has 0 unspecified atom stereocenters. The van der Waals surface area contributed by atoms with Crippen LogP contribution >= 0.6 is 0 Å². The molecular weight excluding hydrogens is 326 g/mol. The number of nitrogens with one attached hydrogen (secondary N) is 1. The predicted molar refractivity (Wildman–Crippen MR) is 106 cm³/mol. The number of piperidine rings is 1. The number of hydrogen-bond donors (Lipinski definition) is 1. The molecule has 1 heterocycles. The Hall–Kier alpha value is -1.43. The topological polar surface area (TPSA) is 44.8 Å². The van der Waals surface area contributed by atoms with Gasteiger partial charge in [-0.25, -0.2) is 5.01 Å². The molecule has 1 N–H and O–H groups in total. The summed E-state index contributed by atoms with van der Waals surface area (Å²) in [5.41, 5.74) is 3.74. The highest BCUT2D eigenvalue weighted by molar-refractivity contribution is 5.83. The van der Waals surface area contributed by atoms with Gasteiger partial charge >= 0.3 is 5.97 Å². The maximum absolute atomic E-state index is 13.0. The predicted octanol–water partition coefficient (Wildman–Crippen LogP) is 2.82. The molecule has 5 heteroatoms. The Labute approximate surface area is 158 Å². The number of carbonyl (C=O) groups excluding carboxylic acids is 1. The Balaban J connectivity index is 1.81. The molecule has 0 aromatic heterocycles. The van der Waals surface area contributed by atoms with Crippen LogP contribution in [0.4, 0.5) is 0 Å². The third-order valence-electron chi connectivity index (χ3n) is 5.56. The van der Waals surface area contributed by atoms with E-state index in [1.807, 2.05) is 32.3 Å². The Morgan fingerprint density at radius 2 is 1.81 bits per heavy atom. The third kappa shape index (κ3) is 5.79. The van der Waals surface area contributed by atoms with Crippen LogP contribution in [0.1, 0.15) is 44.1 Å². The van der Waals surface area contributed by atoms with Crippen molar-refractivity contribution in [1.82, 2.24) is 15.3 Å². The van der Waals surface area contributed by atoms with Crippen molar-refractivity contribution in [1.29, 1.82) is 0 Å². The lowest BCUT2D eigenvalue weighted by Gasteiger charge is -2.39. The van der Waals surface area contributed by atoms with Crippen LogP contribution in [-0.4, -0.2) is 63.3 Å². The highest BCUT2D eigenvalue weighted by Gasteiger charge is 2.43. The second-order valence-electron chi connectivity index (χ2n) is 7.45. The lowest BCUT2D eigenvalue weighted by Crippen LogP contribution is -2.47. The zero-order chi connectivity index (χ0) is 18.8. The summed E-state index contributed by atoms with van der Waals surface area (Å²) in [7, 11) is 6.10. The molecule has 0 aliphatic carbocycles. The largest absolute Gasteiger partial charge is 0.465 e. The lowest BCUT2D eigenvalue weighted by atomic mass is 9.73. The van der Waals surface area contributed by atoms with Crippen LogP contribution in [0.2, 0.25) is 0 Å². The van der Waals surface area contributed by atoms with Crippen LogP contribution in [-0.2, 0) is 14.9 Å². The zero-order valence-electron chi connectivity index (χ0n) is 16.7. The van der Waals surface area contributed by atoms with Crippen molar-refractivity contribution in [2.24, 2.45) is 0 Å². The van der Waals surface area contributed by atoms with E-state index in [-0.39, 0.29) is 5.97 Å². The van der Waals surface area contributed by atoms with Crippen LogP contribution in [0, 0.1) is 0 Å². The van der Waals surface area contributed by atoms with Crippen LogP contribution < -0.4 is 5.43 Å². The summed E-state index contributed by atoms with van der Waals surface area (Å²) in [5, 5.41) is 2.09. The first kappa shape index (κ1) is 20.9. The first-order valence-corrected chi connectivity index (χ1v) is 9.88. The maximum atomic E-state index is 13.0. The number of rotatable bonds is 10. The molecule has 146 valence electrons. The second-order valence-corrected chi connectivity index (χ2v) is 7.45. The van der Waals surface area contributed by atoms with Crippen molar-refractivity contribution in [3.05, 3.63) is 35.9 Å². The van der Waals surface area contributed by atoms with Crippen LogP contribution in [0.15, 0.2) is 30.3 Å². The molecule has 1 saturated heterocycles. The van der Waals surface area contributed by atoms with E-state index in [0.29, 0.717) is 6.61 Å². The fourth-order valence-corrected chi connectivity index (χ4v) is 3.59. The molecule has 1 aliphatic heterocycles. The molecule has 5 nitrogen and oxygen atoms in total. The van der Waals surface area contributed by atoms with Crippen LogP contribution in [0.5, 0.6) is 0 Å². The number of ether oxygens (including phenoxy) is 1. The number of nitrogens with zero attached hydrogens (tertiary/aromatic N) is 2. The molecular formula is C21H35N3O2. The minimum Gasteiger partial charge on any atom is -0.465 e. The Morgan fingerprint density at radius 3 is 2.46 bits per heavy atom. The van der Waals surface area contributed by atoms with E-state index in [0.717, 1.165) is 63.7 Å². The van der Waals surface area contributed by atoms with E-state index < -0.39 is 5.41 Å². The van der Waals surface area contributed by atoms with Crippen molar-refractivity contribution in [2.45, 2.75) is 43.9 Å². The van der Waals surface area contributed by atoms with Crippen molar-refractivity contribution < 1.29 is 9.53 Å². The minimum atomic E-state index is -0.469. The SMILES string of the molecule is CNN(C)CCCCCCOC(=O)C1(c2ccccc2)CCN(C)CC1. The summed E-state index contributed by atoms with van der Waals surface area (Å²) in [6, 6.07) is 10.2. The number of esters is 1. The quantitative estimate of drug-likeness (QED) is 0.394. The first-order chi connectivity index (χ1) is 12.6. The van der Waals surface area contributed by atoms with Crippen LogP contribution in [0.25, 0.3) is 0 Å². The Kier molecular flexibility index (Phi) is 8.55. The molecule has 0 bridgehead atoms. The molecule has 0 saturated carbocycles. The average molecular weight is 362 g/mol. The van der Waals surface area contributed by atoms with Gasteiger partial charge in [0.15, 0.2) is 0 Å². The van der Waals surface area contributed by atoms with E-state index in [9.17, 15) is 4.79 Å². The standard InChI is InChI=1S/C21H35N3O2/c1-22-24(3)15-9-4-5-10-18-26-20(25)21(13-16-23(2)17-14-21)19-11-7-6-8-12-19/h6-8,11-12,22H,4-5,9-10,13-18H2,1-3H3. The van der Waals surface area contributed by atoms with Gasteiger partial charge in [0.05, 0.1) is 12.0 Å². The molecule has 1 aromatic carbocycles. The van der Waals surface area contributed by atoms with Gasteiger partial charge in [-0.05, 0) is 58.4 Å². The second kappa shape index (κ2) is 10.7. The number of hydrazine groups is 1. The summed E-state index contributed by atoms with van der Waals surface area (Å²) < 4.78 is 5.74. The highest BCUT2D eigenvalue weighted by atomic mass is 16.5. The van der Waals surface area contributed by atoms with Crippen molar-refractivity contribution in [3.8, 4) is 0 Å². The van der Waals surface area contributed by atoms with E-state index in [4.69, 9.17) is 4.74 Å². The fourth-order valence-electron chi connectivity index (χ4n) is 3.59. The fraction of sp³-hybridized carbons (Fsp3) is 0.667. The number of hydrogen-bond acceptors (Lipinski definition) is 5. The maximum Gasteiger partial charge on any atom is 0.316 e. The number of unbranched alkanes of at least 4 members (excludes halogenated alkanes) is 3. The van der Waals surface area contributed by atoms with E-state index in [1.165, 1.54) is 0 Å². The van der Waals surface area contributed by atoms with Gasteiger partial charge < -0.3 is 9.64 Å². The normalized spacial score (nSPS) is 17.4. The lowest BCUT2D eigenvalue weighted by molar-refractivity contribution is -0.153. The van der Waals surface area contributed by atoms with Crippen LogP contribution in [0.3, 0.4) is 0 Å². The summed E-state index contributed by atoms with van der Waals surface area (Å²) in [4.78, 5) is 15.3. The molecule has 1 aliphatic rings. The monoisotopic (exact) mass is 361 g/mol. The number of likely N-dealkylation sites (tertiary alicyclic amines) is 1. The molecule has 0 atom stereocenters. The highest BCUT2D eigenvalue weighted by Crippen LogP contribution is 2.36. The van der Waals surface area contributed by atoms with Crippen molar-refractivity contribution >= 4 is 5.97 Å². The molecule has 1 fully saturated rings. The zero-order valence-corrected chi connectivity index (χ0v) is 16.7. The Bertz CT molecular complexity index is 527. The molecule has 2 rings (SSSR count). The van der Waals surface area contributed by atoms with Crippen molar-refractivity contribution in [2.75, 3.05) is 47.4 Å². The summed E-state index contributed by atoms with van der Waals surface area (Å²) >= 11 is 0. The molecule has 1 aromatic rings. The molecule has 0 amide bonds. The first-order valence-electron chi connectivity index (χ1n) is 9.88. The van der Waals surface area contributed by atoms with Gasteiger partial charge in [-0.1, -0.05) is 43.2 Å². The van der Waals surface area contributed by atoms with Gasteiger partial charge in [-0.15, -0.1) is 0 Å². The van der Waals surface area contributed by atoms with E-state index >= 15 is 0 Å². The summed E-state index contributed by atoms with van der Waals surface area (Å²) in [6.45, 7) is 3.44. The van der Waals surface area contributed by atoms with Gasteiger partial charge in [0.2, 0.25) is 0 Å². The van der Waals surface area contributed by atoms with E-state index in [1.54, 1.807) is 0 Å². The van der Waals surface area contributed by atoms with Crippen molar-refractivity contribution in [3.63, 3.8) is 0 Å². The molecule has 0 radical (unpaired) electrons. The van der Waals surface area contributed by atoms with Gasteiger partial charge in [-0.3, -0.25) is 10.2 Å². The van der Waals surface area contributed by atoms with Gasteiger partial charge in [0.25, 0.3) is 0 Å². The minimum absolute atomic E-state index is 0.0354. The third-order valence-corrected chi connectivity index (χ3v) is 5.56. The number of benzene rings is 1. The average Bonchev–Trinajstić information content (AvgIpc) is 2.68. The van der Waals surface area contributed by atoms with Gasteiger partial charge in [0.1, 0.15) is 0 Å².